The van der Waals surface area contributed by atoms with Gasteiger partial charge in [-0.15, -0.1) is 0 Å². The molecule has 2 N–H and O–H groups in total. The van der Waals surface area contributed by atoms with Gasteiger partial charge >= 0.3 is 0 Å². The Hall–Kier alpha value is -0.700. The Morgan fingerprint density at radius 2 is 1.60 bits per heavy atom. The molecule has 0 atom stereocenters. The first-order valence-corrected chi connectivity index (χ1v) is 5.48. The van der Waals surface area contributed by atoms with E-state index in [0.29, 0.717) is 10.8 Å². The van der Waals surface area contributed by atoms with Crippen LogP contribution in [0.15, 0.2) is 0 Å². The van der Waals surface area contributed by atoms with Gasteiger partial charge in [0.1, 0.15) is 10.8 Å². The van der Waals surface area contributed by atoms with Crippen LogP contribution >= 0.6 is 11.6 Å². The van der Waals surface area contributed by atoms with Crippen molar-refractivity contribution in [3.8, 4) is 0 Å². The van der Waals surface area contributed by atoms with Gasteiger partial charge in [0.2, 0.25) is 0 Å². The van der Waals surface area contributed by atoms with E-state index in [1.165, 1.54) is 0 Å². The highest BCUT2D eigenvalue weighted by molar-refractivity contribution is 6.33. The van der Waals surface area contributed by atoms with Crippen molar-refractivity contribution in [2.75, 3.05) is 5.73 Å². The molecule has 0 aliphatic carbocycles. The summed E-state index contributed by atoms with van der Waals surface area (Å²) in [5.41, 5.74) is 6.59. The minimum Gasteiger partial charge on any atom is -0.383 e. The summed E-state index contributed by atoms with van der Waals surface area (Å²) < 4.78 is 1.79. The lowest BCUT2D eigenvalue weighted by molar-refractivity contribution is 0.354. The Labute approximate surface area is 96.6 Å². The number of halogens is 1. The number of hydrogen-bond donors (Lipinski definition) is 1. The average Bonchev–Trinajstić information content (AvgIpc) is 2.26. The third-order valence-electron chi connectivity index (χ3n) is 2.21. The van der Waals surface area contributed by atoms with Crippen LogP contribution in [0, 0.1) is 0 Å². The van der Waals surface area contributed by atoms with Gasteiger partial charge in [-0.2, -0.15) is 5.10 Å². The third-order valence-corrected chi connectivity index (χ3v) is 2.58. The van der Waals surface area contributed by atoms with Gasteiger partial charge in [-0.25, -0.2) is 4.68 Å². The summed E-state index contributed by atoms with van der Waals surface area (Å²) in [4.78, 5) is 0. The minimum atomic E-state index is -0.142. The lowest BCUT2D eigenvalue weighted by Crippen LogP contribution is -2.25. The van der Waals surface area contributed by atoms with Crippen LogP contribution < -0.4 is 5.73 Å². The second kappa shape index (κ2) is 3.41. The van der Waals surface area contributed by atoms with Crippen molar-refractivity contribution >= 4 is 17.4 Å². The molecule has 0 aliphatic heterocycles. The molecule has 0 spiro atoms. The molecule has 0 amide bonds. The van der Waals surface area contributed by atoms with Crippen LogP contribution in [0.5, 0.6) is 0 Å². The molecule has 0 saturated carbocycles. The Bertz CT molecular complexity index is 332. The molecule has 4 heteroatoms. The summed E-state index contributed by atoms with van der Waals surface area (Å²) in [6.45, 7) is 12.4. The maximum absolute atomic E-state index is 6.20. The first-order valence-electron chi connectivity index (χ1n) is 5.10. The van der Waals surface area contributed by atoms with Crippen LogP contribution in [-0.2, 0) is 11.0 Å². The summed E-state index contributed by atoms with van der Waals surface area (Å²) in [5.74, 6) is 0.550. The standard InChI is InChI=1S/C11H20ClN3/c1-10(2,3)8-7(12)9(13)15(14-8)11(4,5)6/h13H2,1-6H3. The van der Waals surface area contributed by atoms with Crippen LogP contribution in [0.2, 0.25) is 5.02 Å². The Balaban J connectivity index is 3.38. The van der Waals surface area contributed by atoms with Gasteiger partial charge in [-0.05, 0) is 20.8 Å². The van der Waals surface area contributed by atoms with Crippen molar-refractivity contribution in [1.29, 1.82) is 0 Å². The Morgan fingerprint density at radius 1 is 1.13 bits per heavy atom. The third kappa shape index (κ3) is 2.28. The van der Waals surface area contributed by atoms with E-state index < -0.39 is 0 Å². The average molecular weight is 230 g/mol. The van der Waals surface area contributed by atoms with Gasteiger partial charge in [0.15, 0.2) is 0 Å². The molecule has 1 aromatic rings. The van der Waals surface area contributed by atoms with E-state index in [1.54, 1.807) is 4.68 Å². The van der Waals surface area contributed by atoms with E-state index in [9.17, 15) is 0 Å². The lowest BCUT2D eigenvalue weighted by Gasteiger charge is -2.21. The Kier molecular flexibility index (Phi) is 2.81. The molecule has 0 fully saturated rings. The van der Waals surface area contributed by atoms with E-state index in [1.807, 2.05) is 0 Å². The summed E-state index contributed by atoms with van der Waals surface area (Å²) in [7, 11) is 0. The zero-order chi connectivity index (χ0) is 12.0. The topological polar surface area (TPSA) is 43.8 Å². The first-order chi connectivity index (χ1) is 6.55. The van der Waals surface area contributed by atoms with Crippen LogP contribution in [-0.4, -0.2) is 9.78 Å². The zero-order valence-electron chi connectivity index (χ0n) is 10.3. The fraction of sp³-hybridized carbons (Fsp3) is 0.727. The predicted molar refractivity (Wildman–Crippen MR) is 65.3 cm³/mol. The molecule has 3 nitrogen and oxygen atoms in total. The predicted octanol–water partition coefficient (Wildman–Crippen LogP) is 3.17. The van der Waals surface area contributed by atoms with Gasteiger partial charge in [-0.1, -0.05) is 32.4 Å². The van der Waals surface area contributed by atoms with Gasteiger partial charge in [0.05, 0.1) is 11.2 Å². The number of hydrogen-bond acceptors (Lipinski definition) is 2. The maximum Gasteiger partial charge on any atom is 0.141 e. The second-order valence-corrected chi connectivity index (χ2v) is 6.26. The molecular formula is C11H20ClN3. The van der Waals surface area contributed by atoms with Crippen molar-refractivity contribution in [2.45, 2.75) is 52.5 Å². The lowest BCUT2D eigenvalue weighted by atomic mass is 9.92. The summed E-state index contributed by atoms with van der Waals surface area (Å²) in [6.07, 6.45) is 0. The number of aromatic nitrogens is 2. The van der Waals surface area contributed by atoms with E-state index >= 15 is 0 Å². The van der Waals surface area contributed by atoms with Crippen molar-refractivity contribution in [2.24, 2.45) is 0 Å². The second-order valence-electron chi connectivity index (χ2n) is 5.88. The Morgan fingerprint density at radius 3 is 1.80 bits per heavy atom. The molecule has 86 valence electrons. The molecule has 1 rings (SSSR count). The summed E-state index contributed by atoms with van der Waals surface area (Å²) >= 11 is 6.20. The monoisotopic (exact) mass is 229 g/mol. The number of nitrogen functional groups attached to an aromatic ring is 1. The first kappa shape index (κ1) is 12.4. The maximum atomic E-state index is 6.20. The van der Waals surface area contributed by atoms with Crippen molar-refractivity contribution in [3.63, 3.8) is 0 Å². The van der Waals surface area contributed by atoms with E-state index in [0.717, 1.165) is 5.69 Å². The SMILES string of the molecule is CC(C)(C)c1nn(C(C)(C)C)c(N)c1Cl. The van der Waals surface area contributed by atoms with Crippen molar-refractivity contribution in [3.05, 3.63) is 10.7 Å². The molecule has 0 unspecified atom stereocenters. The molecule has 0 bridgehead atoms. The van der Waals surface area contributed by atoms with Gasteiger partial charge in [-0.3, -0.25) is 0 Å². The van der Waals surface area contributed by atoms with Crippen molar-refractivity contribution < 1.29 is 0 Å². The number of nitrogens with zero attached hydrogens (tertiary/aromatic N) is 2. The number of nitrogens with two attached hydrogens (primary N) is 1. The largest absolute Gasteiger partial charge is 0.383 e. The molecular weight excluding hydrogens is 210 g/mol. The van der Waals surface area contributed by atoms with E-state index in [4.69, 9.17) is 17.3 Å². The molecule has 0 radical (unpaired) electrons. The number of rotatable bonds is 0. The fourth-order valence-corrected chi connectivity index (χ4v) is 1.80. The van der Waals surface area contributed by atoms with E-state index in [2.05, 4.69) is 46.6 Å². The highest BCUT2D eigenvalue weighted by Crippen LogP contribution is 2.34. The quantitative estimate of drug-likeness (QED) is 0.743. The molecule has 0 saturated heterocycles. The van der Waals surface area contributed by atoms with Gasteiger partial charge in [0, 0.05) is 5.41 Å². The van der Waals surface area contributed by atoms with Gasteiger partial charge < -0.3 is 5.73 Å². The van der Waals surface area contributed by atoms with Crippen molar-refractivity contribution in [1.82, 2.24) is 9.78 Å². The highest BCUT2D eigenvalue weighted by Gasteiger charge is 2.28. The molecule has 0 aliphatic rings. The molecule has 1 heterocycles. The fourth-order valence-electron chi connectivity index (χ4n) is 1.40. The van der Waals surface area contributed by atoms with Crippen LogP contribution in [0.3, 0.4) is 0 Å². The summed E-state index contributed by atoms with van der Waals surface area (Å²) in [5, 5.41) is 5.09. The van der Waals surface area contributed by atoms with Crippen LogP contribution in [0.4, 0.5) is 5.82 Å². The zero-order valence-corrected chi connectivity index (χ0v) is 11.1. The normalized spacial score (nSPS) is 13.3. The molecule has 15 heavy (non-hydrogen) atoms. The van der Waals surface area contributed by atoms with Crippen LogP contribution in [0.1, 0.15) is 47.2 Å². The molecule has 1 aromatic heterocycles. The van der Waals surface area contributed by atoms with Crippen LogP contribution in [0.25, 0.3) is 0 Å². The minimum absolute atomic E-state index is 0.0816. The summed E-state index contributed by atoms with van der Waals surface area (Å²) in [6, 6.07) is 0. The van der Waals surface area contributed by atoms with E-state index in [-0.39, 0.29) is 11.0 Å². The van der Waals surface area contributed by atoms with Gasteiger partial charge in [0.25, 0.3) is 0 Å². The smallest absolute Gasteiger partial charge is 0.141 e. The molecule has 0 aromatic carbocycles. The number of anilines is 1. The highest BCUT2D eigenvalue weighted by atomic mass is 35.5.